The number of hydrogen-bond acceptors (Lipinski definition) is 1. The number of aromatic nitrogens is 2. The molecule has 2 aromatic heterocycles. The fraction of sp³-hybridized carbons (Fsp3) is 0.0714. The van der Waals surface area contributed by atoms with Gasteiger partial charge in [-0.15, -0.1) is 0 Å². The summed E-state index contributed by atoms with van der Waals surface area (Å²) in [5.41, 5.74) is 3.66. The molecule has 0 spiro atoms. The molecule has 0 atom stereocenters. The Morgan fingerprint density at radius 3 is 2.59 bits per heavy atom. The summed E-state index contributed by atoms with van der Waals surface area (Å²) in [5, 5.41) is 0. The highest BCUT2D eigenvalue weighted by Crippen LogP contribution is 2.20. The van der Waals surface area contributed by atoms with Crippen LogP contribution in [0.3, 0.4) is 0 Å². The SMILES string of the molecule is Cc1cn2cc(-c3ccccc3)cc2c(=O)[nH]1. The largest absolute Gasteiger partial charge is 0.323 e. The van der Waals surface area contributed by atoms with E-state index in [0.29, 0.717) is 5.52 Å². The van der Waals surface area contributed by atoms with E-state index in [-0.39, 0.29) is 5.56 Å². The van der Waals surface area contributed by atoms with Crippen LogP contribution in [0.25, 0.3) is 16.6 Å². The second kappa shape index (κ2) is 3.63. The summed E-state index contributed by atoms with van der Waals surface area (Å²) in [6.45, 7) is 1.88. The lowest BCUT2D eigenvalue weighted by Gasteiger charge is -1.95. The molecule has 0 saturated heterocycles. The first-order chi connectivity index (χ1) is 8.24. The summed E-state index contributed by atoms with van der Waals surface area (Å²) in [5.74, 6) is 0. The molecule has 1 aromatic carbocycles. The molecular weight excluding hydrogens is 212 g/mol. The third kappa shape index (κ3) is 1.65. The first kappa shape index (κ1) is 9.90. The maximum absolute atomic E-state index is 11.8. The normalized spacial score (nSPS) is 10.9. The second-order valence-corrected chi connectivity index (χ2v) is 4.15. The van der Waals surface area contributed by atoms with Gasteiger partial charge in [0.2, 0.25) is 0 Å². The van der Waals surface area contributed by atoms with E-state index < -0.39 is 0 Å². The van der Waals surface area contributed by atoms with Crippen molar-refractivity contribution in [1.29, 1.82) is 0 Å². The van der Waals surface area contributed by atoms with Crippen LogP contribution in [0.2, 0.25) is 0 Å². The van der Waals surface area contributed by atoms with E-state index in [1.807, 2.05) is 60.1 Å². The third-order valence-corrected chi connectivity index (χ3v) is 2.83. The zero-order valence-electron chi connectivity index (χ0n) is 9.47. The van der Waals surface area contributed by atoms with E-state index in [1.54, 1.807) is 0 Å². The monoisotopic (exact) mass is 224 g/mol. The summed E-state index contributed by atoms with van der Waals surface area (Å²) in [6.07, 6.45) is 3.90. The highest BCUT2D eigenvalue weighted by atomic mass is 16.1. The fourth-order valence-corrected chi connectivity index (χ4v) is 2.04. The summed E-state index contributed by atoms with van der Waals surface area (Å²) in [4.78, 5) is 14.6. The number of hydrogen-bond donors (Lipinski definition) is 1. The smallest absolute Gasteiger partial charge is 0.272 e. The van der Waals surface area contributed by atoms with Crippen LogP contribution in [0, 0.1) is 6.92 Å². The molecule has 0 bridgehead atoms. The third-order valence-electron chi connectivity index (χ3n) is 2.83. The number of rotatable bonds is 1. The van der Waals surface area contributed by atoms with Crippen molar-refractivity contribution in [2.75, 3.05) is 0 Å². The summed E-state index contributed by atoms with van der Waals surface area (Å²) < 4.78 is 1.87. The Morgan fingerprint density at radius 2 is 1.82 bits per heavy atom. The van der Waals surface area contributed by atoms with Gasteiger partial charge in [-0.05, 0) is 18.6 Å². The minimum absolute atomic E-state index is 0.0489. The molecule has 0 aliphatic rings. The van der Waals surface area contributed by atoms with Gasteiger partial charge in [0.05, 0.1) is 0 Å². The highest BCUT2D eigenvalue weighted by molar-refractivity contribution is 5.69. The van der Waals surface area contributed by atoms with Crippen LogP contribution in [-0.2, 0) is 0 Å². The number of H-pyrrole nitrogens is 1. The molecule has 0 saturated carbocycles. The molecule has 0 aliphatic heterocycles. The van der Waals surface area contributed by atoms with Gasteiger partial charge in [-0.3, -0.25) is 4.79 Å². The van der Waals surface area contributed by atoms with Crippen LogP contribution in [-0.4, -0.2) is 9.38 Å². The molecule has 0 radical (unpaired) electrons. The van der Waals surface area contributed by atoms with Gasteiger partial charge in [0.15, 0.2) is 0 Å². The van der Waals surface area contributed by atoms with Gasteiger partial charge in [0.1, 0.15) is 5.52 Å². The van der Waals surface area contributed by atoms with Crippen LogP contribution in [0.1, 0.15) is 5.69 Å². The van der Waals surface area contributed by atoms with Crippen LogP contribution < -0.4 is 5.56 Å². The molecular formula is C14H12N2O. The van der Waals surface area contributed by atoms with Crippen LogP contribution in [0.4, 0.5) is 0 Å². The summed E-state index contributed by atoms with van der Waals surface area (Å²) >= 11 is 0. The Morgan fingerprint density at radius 1 is 1.06 bits per heavy atom. The lowest BCUT2D eigenvalue weighted by atomic mass is 10.1. The van der Waals surface area contributed by atoms with Gasteiger partial charge >= 0.3 is 0 Å². The average Bonchev–Trinajstić information content (AvgIpc) is 2.74. The Bertz CT molecular complexity index is 723. The average molecular weight is 224 g/mol. The van der Waals surface area contributed by atoms with Gasteiger partial charge in [0, 0.05) is 23.7 Å². The van der Waals surface area contributed by atoms with Crippen molar-refractivity contribution >= 4 is 5.52 Å². The molecule has 3 nitrogen and oxygen atoms in total. The molecule has 3 rings (SSSR count). The minimum Gasteiger partial charge on any atom is -0.323 e. The van der Waals surface area contributed by atoms with Gasteiger partial charge in [-0.25, -0.2) is 0 Å². The topological polar surface area (TPSA) is 37.3 Å². The Kier molecular flexibility index (Phi) is 2.11. The van der Waals surface area contributed by atoms with E-state index in [4.69, 9.17) is 0 Å². The maximum atomic E-state index is 11.8. The van der Waals surface area contributed by atoms with Gasteiger partial charge in [-0.1, -0.05) is 30.3 Å². The van der Waals surface area contributed by atoms with Crippen molar-refractivity contribution in [3.63, 3.8) is 0 Å². The van der Waals surface area contributed by atoms with Crippen molar-refractivity contribution in [2.45, 2.75) is 6.92 Å². The number of nitrogens with one attached hydrogen (secondary N) is 1. The number of aromatic amines is 1. The lowest BCUT2D eigenvalue weighted by molar-refractivity contribution is 1.05. The Labute approximate surface area is 98.4 Å². The standard InChI is InChI=1S/C14H12N2O/c1-10-8-16-9-12(7-13(16)14(17)15-10)11-5-3-2-4-6-11/h2-9H,1H3,(H,15,17). The summed E-state index contributed by atoms with van der Waals surface area (Å²) in [6, 6.07) is 12.0. The van der Waals surface area contributed by atoms with Crippen molar-refractivity contribution in [3.8, 4) is 11.1 Å². The molecule has 0 fully saturated rings. The Balaban J connectivity index is 2.28. The van der Waals surface area contributed by atoms with Crippen LogP contribution >= 0.6 is 0 Å². The van der Waals surface area contributed by atoms with Crippen LogP contribution in [0.5, 0.6) is 0 Å². The maximum Gasteiger partial charge on any atom is 0.272 e. The quantitative estimate of drug-likeness (QED) is 0.677. The second-order valence-electron chi connectivity index (χ2n) is 4.15. The molecule has 0 aliphatic carbocycles. The molecule has 0 unspecified atom stereocenters. The molecule has 3 aromatic rings. The van der Waals surface area contributed by atoms with E-state index in [9.17, 15) is 4.79 Å². The highest BCUT2D eigenvalue weighted by Gasteiger charge is 2.05. The first-order valence-electron chi connectivity index (χ1n) is 5.51. The van der Waals surface area contributed by atoms with Crippen molar-refractivity contribution in [3.05, 3.63) is 64.8 Å². The molecule has 17 heavy (non-hydrogen) atoms. The Hall–Kier alpha value is -2.29. The predicted molar refractivity (Wildman–Crippen MR) is 68.2 cm³/mol. The van der Waals surface area contributed by atoms with Crippen molar-refractivity contribution < 1.29 is 0 Å². The van der Waals surface area contributed by atoms with Crippen LogP contribution in [0.15, 0.2) is 53.6 Å². The molecule has 0 amide bonds. The number of nitrogens with zero attached hydrogens (tertiary/aromatic N) is 1. The minimum atomic E-state index is -0.0489. The summed E-state index contributed by atoms with van der Waals surface area (Å²) in [7, 11) is 0. The zero-order chi connectivity index (χ0) is 11.8. The molecule has 1 N–H and O–H groups in total. The van der Waals surface area contributed by atoms with E-state index in [0.717, 1.165) is 16.8 Å². The van der Waals surface area contributed by atoms with E-state index >= 15 is 0 Å². The van der Waals surface area contributed by atoms with Gasteiger partial charge in [0.25, 0.3) is 5.56 Å². The number of benzene rings is 1. The molecule has 3 heteroatoms. The van der Waals surface area contributed by atoms with Crippen molar-refractivity contribution in [1.82, 2.24) is 9.38 Å². The van der Waals surface area contributed by atoms with E-state index in [1.165, 1.54) is 0 Å². The molecule has 84 valence electrons. The van der Waals surface area contributed by atoms with E-state index in [2.05, 4.69) is 4.98 Å². The van der Waals surface area contributed by atoms with Crippen molar-refractivity contribution in [2.24, 2.45) is 0 Å². The number of fused-ring (bicyclic) bond motifs is 1. The zero-order valence-corrected chi connectivity index (χ0v) is 9.47. The fourth-order valence-electron chi connectivity index (χ4n) is 2.04. The lowest BCUT2D eigenvalue weighted by Crippen LogP contribution is -2.09. The first-order valence-corrected chi connectivity index (χ1v) is 5.51. The van der Waals surface area contributed by atoms with Gasteiger partial charge in [-0.2, -0.15) is 0 Å². The predicted octanol–water partition coefficient (Wildman–Crippen LogP) is 2.60. The van der Waals surface area contributed by atoms with Gasteiger partial charge < -0.3 is 9.38 Å². The number of aryl methyl sites for hydroxylation is 1. The molecule has 2 heterocycles.